The highest BCUT2D eigenvalue weighted by Crippen LogP contribution is 2.25. The lowest BCUT2D eigenvalue weighted by atomic mass is 10.0. The van der Waals surface area contributed by atoms with Crippen molar-refractivity contribution in [3.05, 3.63) is 95.1 Å². The van der Waals surface area contributed by atoms with Crippen molar-refractivity contribution >= 4 is 17.9 Å². The molecule has 0 spiro atoms. The van der Waals surface area contributed by atoms with Gasteiger partial charge in [-0.05, 0) is 55.5 Å². The summed E-state index contributed by atoms with van der Waals surface area (Å²) in [5.41, 5.74) is 3.32. The summed E-state index contributed by atoms with van der Waals surface area (Å²) in [6.45, 7) is 2.15. The van der Waals surface area contributed by atoms with Crippen LogP contribution in [0.2, 0.25) is 0 Å². The third-order valence-corrected chi connectivity index (χ3v) is 4.75. The molecule has 0 aliphatic carbocycles. The molecule has 1 N–H and O–H groups in total. The Balaban J connectivity index is 1.48. The number of Topliss-reactive ketones (excluding diaryl/α,β-unsaturated/α-hetero) is 1. The molecule has 0 aliphatic rings. The number of benzene rings is 3. The molecule has 0 amide bonds. The number of para-hydroxylation sites is 1. The number of ketones is 1. The number of phenolic OH excluding ortho intramolecular Hbond substituents is 1. The number of carbonyl (C=O) groups is 1. The topological polar surface area (TPSA) is 46.5 Å². The summed E-state index contributed by atoms with van der Waals surface area (Å²) >= 11 is 0. The fourth-order valence-corrected chi connectivity index (χ4v) is 3.11. The Morgan fingerprint density at radius 3 is 2.38 bits per heavy atom. The van der Waals surface area contributed by atoms with E-state index in [1.165, 1.54) is 12.5 Å². The zero-order valence-electron chi connectivity index (χ0n) is 16.7. The molecule has 3 aromatic carbocycles. The van der Waals surface area contributed by atoms with Crippen molar-refractivity contribution in [2.45, 2.75) is 26.2 Å². The Kier molecular flexibility index (Phi) is 7.23. The number of phenols is 1. The van der Waals surface area contributed by atoms with Crippen molar-refractivity contribution in [2.24, 2.45) is 0 Å². The lowest BCUT2D eigenvalue weighted by Gasteiger charge is -2.07. The molecule has 0 heterocycles. The van der Waals surface area contributed by atoms with Crippen LogP contribution in [0.1, 0.15) is 46.8 Å². The normalized spacial score (nSPS) is 10.9. The van der Waals surface area contributed by atoms with Crippen molar-refractivity contribution in [2.75, 3.05) is 6.61 Å². The van der Waals surface area contributed by atoms with Gasteiger partial charge in [0.25, 0.3) is 0 Å². The van der Waals surface area contributed by atoms with Crippen LogP contribution >= 0.6 is 0 Å². The van der Waals surface area contributed by atoms with E-state index in [1.807, 2.05) is 36.4 Å². The maximum absolute atomic E-state index is 11.5. The standard InChI is InChI=1S/C26H26O3/c1-20(27)25-12-7-11-23(26(25)28)16-13-22-14-17-24(18-15-22)29-19-6-5-10-21-8-3-2-4-9-21/h2-4,7-9,11-18,28H,5-6,10,19H2,1H3. The predicted octanol–water partition coefficient (Wildman–Crippen LogP) is 6.17. The van der Waals surface area contributed by atoms with E-state index in [9.17, 15) is 9.90 Å². The van der Waals surface area contributed by atoms with Crippen LogP contribution in [-0.4, -0.2) is 17.5 Å². The molecule has 0 aliphatic heterocycles. The van der Waals surface area contributed by atoms with Crippen LogP contribution in [0.25, 0.3) is 12.2 Å². The fourth-order valence-electron chi connectivity index (χ4n) is 3.11. The van der Waals surface area contributed by atoms with E-state index < -0.39 is 0 Å². The second kappa shape index (κ2) is 10.3. The lowest BCUT2D eigenvalue weighted by Crippen LogP contribution is -1.98. The molecule has 148 valence electrons. The van der Waals surface area contributed by atoms with E-state index in [0.717, 1.165) is 30.6 Å². The monoisotopic (exact) mass is 386 g/mol. The Hall–Kier alpha value is -3.33. The first-order valence-electron chi connectivity index (χ1n) is 9.91. The highest BCUT2D eigenvalue weighted by atomic mass is 16.5. The number of hydrogen-bond donors (Lipinski definition) is 1. The summed E-state index contributed by atoms with van der Waals surface area (Å²) < 4.78 is 5.82. The van der Waals surface area contributed by atoms with E-state index in [1.54, 1.807) is 24.3 Å². The summed E-state index contributed by atoms with van der Waals surface area (Å²) in [6.07, 6.45) is 6.91. The summed E-state index contributed by atoms with van der Waals surface area (Å²) in [4.78, 5) is 11.5. The van der Waals surface area contributed by atoms with Gasteiger partial charge >= 0.3 is 0 Å². The molecular weight excluding hydrogens is 360 g/mol. The van der Waals surface area contributed by atoms with Gasteiger partial charge in [0.15, 0.2) is 5.78 Å². The van der Waals surface area contributed by atoms with Crippen molar-refractivity contribution in [1.29, 1.82) is 0 Å². The predicted molar refractivity (Wildman–Crippen MR) is 118 cm³/mol. The van der Waals surface area contributed by atoms with Crippen LogP contribution in [0.15, 0.2) is 72.8 Å². The maximum Gasteiger partial charge on any atom is 0.163 e. The molecular formula is C26H26O3. The number of ether oxygens (including phenoxy) is 1. The van der Waals surface area contributed by atoms with Crippen LogP contribution < -0.4 is 4.74 Å². The lowest BCUT2D eigenvalue weighted by molar-refractivity contribution is 0.101. The number of rotatable bonds is 9. The molecule has 0 saturated carbocycles. The number of aromatic hydroxyl groups is 1. The molecule has 3 heteroatoms. The van der Waals surface area contributed by atoms with Crippen molar-refractivity contribution < 1.29 is 14.6 Å². The van der Waals surface area contributed by atoms with Gasteiger partial charge in [-0.2, -0.15) is 0 Å². The van der Waals surface area contributed by atoms with E-state index >= 15 is 0 Å². The molecule has 0 saturated heterocycles. The van der Waals surface area contributed by atoms with E-state index in [0.29, 0.717) is 17.7 Å². The van der Waals surface area contributed by atoms with Crippen LogP contribution in [0, 0.1) is 0 Å². The molecule has 3 rings (SSSR count). The molecule has 29 heavy (non-hydrogen) atoms. The number of unbranched alkanes of at least 4 members (excludes halogenated alkanes) is 1. The Labute approximate surface area is 172 Å². The van der Waals surface area contributed by atoms with Crippen molar-refractivity contribution in [3.8, 4) is 11.5 Å². The smallest absolute Gasteiger partial charge is 0.163 e. The molecule has 0 unspecified atom stereocenters. The van der Waals surface area contributed by atoms with Crippen molar-refractivity contribution in [1.82, 2.24) is 0 Å². The zero-order valence-corrected chi connectivity index (χ0v) is 16.7. The highest BCUT2D eigenvalue weighted by Gasteiger charge is 2.08. The molecule has 0 bridgehead atoms. The van der Waals surface area contributed by atoms with Crippen LogP contribution in [-0.2, 0) is 6.42 Å². The van der Waals surface area contributed by atoms with E-state index in [-0.39, 0.29) is 11.5 Å². The van der Waals surface area contributed by atoms with Gasteiger partial charge in [0, 0.05) is 5.56 Å². The minimum Gasteiger partial charge on any atom is -0.507 e. The van der Waals surface area contributed by atoms with E-state index in [2.05, 4.69) is 24.3 Å². The number of carbonyl (C=O) groups excluding carboxylic acids is 1. The zero-order chi connectivity index (χ0) is 20.5. The summed E-state index contributed by atoms with van der Waals surface area (Å²) in [5, 5.41) is 10.2. The van der Waals surface area contributed by atoms with E-state index in [4.69, 9.17) is 4.74 Å². The van der Waals surface area contributed by atoms with Gasteiger partial charge in [-0.1, -0.05) is 66.7 Å². The molecule has 0 radical (unpaired) electrons. The molecule has 0 atom stereocenters. The Morgan fingerprint density at radius 1 is 0.897 bits per heavy atom. The van der Waals surface area contributed by atoms with Gasteiger partial charge in [-0.25, -0.2) is 0 Å². The second-order valence-corrected chi connectivity index (χ2v) is 6.99. The summed E-state index contributed by atoms with van der Waals surface area (Å²) in [5.74, 6) is 0.720. The summed E-state index contributed by atoms with van der Waals surface area (Å²) in [7, 11) is 0. The Morgan fingerprint density at radius 2 is 1.66 bits per heavy atom. The highest BCUT2D eigenvalue weighted by molar-refractivity contribution is 5.98. The van der Waals surface area contributed by atoms with Crippen LogP contribution in [0.5, 0.6) is 11.5 Å². The van der Waals surface area contributed by atoms with Gasteiger partial charge in [0.1, 0.15) is 11.5 Å². The minimum atomic E-state index is -0.150. The van der Waals surface area contributed by atoms with Gasteiger partial charge in [-0.3, -0.25) is 4.79 Å². The van der Waals surface area contributed by atoms with Crippen molar-refractivity contribution in [3.63, 3.8) is 0 Å². The van der Waals surface area contributed by atoms with Crippen LogP contribution in [0.3, 0.4) is 0 Å². The van der Waals surface area contributed by atoms with Crippen LogP contribution in [0.4, 0.5) is 0 Å². The van der Waals surface area contributed by atoms with Gasteiger partial charge < -0.3 is 9.84 Å². The van der Waals surface area contributed by atoms with Gasteiger partial charge in [-0.15, -0.1) is 0 Å². The Bertz CT molecular complexity index is 957. The SMILES string of the molecule is CC(=O)c1cccc(C=Cc2ccc(OCCCCc3ccccc3)cc2)c1O. The third-order valence-electron chi connectivity index (χ3n) is 4.75. The number of aryl methyl sites for hydroxylation is 1. The maximum atomic E-state index is 11.5. The largest absolute Gasteiger partial charge is 0.507 e. The average molecular weight is 386 g/mol. The molecule has 0 fully saturated rings. The summed E-state index contributed by atoms with van der Waals surface area (Å²) in [6, 6.07) is 23.5. The quantitative estimate of drug-likeness (QED) is 0.272. The van der Waals surface area contributed by atoms with Gasteiger partial charge in [0.05, 0.1) is 12.2 Å². The number of hydrogen-bond acceptors (Lipinski definition) is 3. The first-order chi connectivity index (χ1) is 14.1. The first-order valence-corrected chi connectivity index (χ1v) is 9.91. The molecule has 0 aromatic heterocycles. The second-order valence-electron chi connectivity index (χ2n) is 6.99. The molecule has 3 aromatic rings. The van der Waals surface area contributed by atoms with Gasteiger partial charge in [0.2, 0.25) is 0 Å². The third kappa shape index (κ3) is 6.08. The minimum absolute atomic E-state index is 0.0201. The average Bonchev–Trinajstić information content (AvgIpc) is 2.74. The first kappa shape index (κ1) is 20.4. The molecule has 3 nitrogen and oxygen atoms in total. The fraction of sp³-hybridized carbons (Fsp3) is 0.192.